The summed E-state index contributed by atoms with van der Waals surface area (Å²) in [6.45, 7) is 10.4. The first-order valence-electron chi connectivity index (χ1n) is 9.51. The van der Waals surface area contributed by atoms with Gasteiger partial charge in [-0.15, -0.1) is 0 Å². The molecule has 0 N–H and O–H groups in total. The molecule has 0 amide bonds. The molecular weight excluding hydrogens is 338 g/mol. The zero-order chi connectivity index (χ0) is 17.9. The van der Waals surface area contributed by atoms with Crippen molar-refractivity contribution in [3.05, 3.63) is 17.5 Å². The van der Waals surface area contributed by atoms with Gasteiger partial charge in [0.25, 0.3) is 10.2 Å². The van der Waals surface area contributed by atoms with E-state index in [-0.39, 0.29) is 0 Å². The summed E-state index contributed by atoms with van der Waals surface area (Å²) in [5.74, 6) is 0. The van der Waals surface area contributed by atoms with Gasteiger partial charge in [-0.2, -0.15) is 22.1 Å². The predicted molar refractivity (Wildman–Crippen MR) is 98.4 cm³/mol. The Bertz CT molecular complexity index is 667. The zero-order valence-electron chi connectivity index (χ0n) is 15.5. The smallest absolute Gasteiger partial charge is 0.282 e. The minimum Gasteiger partial charge on any atom is -0.298 e. The van der Waals surface area contributed by atoms with E-state index in [1.165, 1.54) is 11.3 Å². The number of aromatic nitrogens is 2. The molecule has 2 aliphatic heterocycles. The van der Waals surface area contributed by atoms with Crippen molar-refractivity contribution in [1.82, 2.24) is 23.3 Å². The second-order valence-electron chi connectivity index (χ2n) is 7.12. The molecule has 2 aliphatic rings. The number of hydrogen-bond acceptors (Lipinski definition) is 4. The minimum atomic E-state index is -3.27. The third kappa shape index (κ3) is 4.24. The fourth-order valence-corrected chi connectivity index (χ4v) is 5.46. The van der Waals surface area contributed by atoms with Gasteiger partial charge in [0.2, 0.25) is 0 Å². The van der Waals surface area contributed by atoms with E-state index >= 15 is 0 Å². The van der Waals surface area contributed by atoms with Crippen molar-refractivity contribution in [3.8, 4) is 0 Å². The van der Waals surface area contributed by atoms with Crippen molar-refractivity contribution in [2.75, 3.05) is 39.3 Å². The van der Waals surface area contributed by atoms with Gasteiger partial charge in [-0.3, -0.25) is 9.58 Å². The van der Waals surface area contributed by atoms with Crippen LogP contribution in [0.25, 0.3) is 0 Å². The maximum absolute atomic E-state index is 12.8. The standard InChI is InChI=1S/C17H31N5O2S/c1-3-7-22-16(2)17(14-18-22)15-19-8-6-11-21(13-12-19)25(23,24)20-9-4-5-10-20/h14H,3-13,15H2,1-2H3. The van der Waals surface area contributed by atoms with Crippen LogP contribution in [0.2, 0.25) is 0 Å². The molecule has 3 rings (SSSR count). The third-order valence-corrected chi connectivity index (χ3v) is 7.33. The Hall–Kier alpha value is -0.960. The van der Waals surface area contributed by atoms with E-state index in [0.717, 1.165) is 51.9 Å². The van der Waals surface area contributed by atoms with E-state index in [0.29, 0.717) is 26.2 Å². The molecule has 0 aliphatic carbocycles. The van der Waals surface area contributed by atoms with Gasteiger partial charge >= 0.3 is 0 Å². The number of nitrogens with zero attached hydrogens (tertiary/aromatic N) is 5. The van der Waals surface area contributed by atoms with E-state index in [9.17, 15) is 8.42 Å². The molecule has 0 atom stereocenters. The normalized spacial score (nSPS) is 21.7. The van der Waals surface area contributed by atoms with Gasteiger partial charge in [-0.1, -0.05) is 6.92 Å². The Morgan fingerprint density at radius 1 is 1.00 bits per heavy atom. The molecule has 142 valence electrons. The molecule has 0 unspecified atom stereocenters. The largest absolute Gasteiger partial charge is 0.298 e. The average Bonchev–Trinajstić information content (AvgIpc) is 3.17. The summed E-state index contributed by atoms with van der Waals surface area (Å²) in [5.41, 5.74) is 2.48. The molecule has 1 aromatic heterocycles. The van der Waals surface area contributed by atoms with E-state index in [1.54, 1.807) is 8.61 Å². The molecule has 0 bridgehead atoms. The molecule has 2 saturated heterocycles. The highest BCUT2D eigenvalue weighted by atomic mass is 32.2. The molecule has 0 aromatic carbocycles. The molecule has 0 spiro atoms. The average molecular weight is 370 g/mol. The molecule has 25 heavy (non-hydrogen) atoms. The summed E-state index contributed by atoms with van der Waals surface area (Å²) < 4.78 is 30.9. The van der Waals surface area contributed by atoms with E-state index in [1.807, 2.05) is 6.20 Å². The third-order valence-electron chi connectivity index (χ3n) is 5.30. The van der Waals surface area contributed by atoms with Crippen molar-refractivity contribution in [1.29, 1.82) is 0 Å². The molecule has 0 radical (unpaired) electrons. The molecule has 2 fully saturated rings. The van der Waals surface area contributed by atoms with Crippen LogP contribution < -0.4 is 0 Å². The van der Waals surface area contributed by atoms with Crippen molar-refractivity contribution >= 4 is 10.2 Å². The van der Waals surface area contributed by atoms with Gasteiger partial charge in [0.05, 0.1) is 6.20 Å². The van der Waals surface area contributed by atoms with Crippen molar-refractivity contribution < 1.29 is 8.42 Å². The van der Waals surface area contributed by atoms with Crippen LogP contribution in [0.15, 0.2) is 6.20 Å². The minimum absolute atomic E-state index is 0.584. The van der Waals surface area contributed by atoms with Gasteiger partial charge in [0.1, 0.15) is 0 Å². The topological polar surface area (TPSA) is 61.7 Å². The first kappa shape index (κ1) is 18.8. The maximum Gasteiger partial charge on any atom is 0.282 e. The molecule has 0 saturated carbocycles. The molecule has 1 aromatic rings. The van der Waals surface area contributed by atoms with Crippen molar-refractivity contribution in [2.24, 2.45) is 0 Å². The zero-order valence-corrected chi connectivity index (χ0v) is 16.3. The fourth-order valence-electron chi connectivity index (χ4n) is 3.74. The van der Waals surface area contributed by atoms with E-state index in [2.05, 4.69) is 28.5 Å². The van der Waals surface area contributed by atoms with Crippen LogP contribution in [0.3, 0.4) is 0 Å². The number of rotatable bonds is 6. The van der Waals surface area contributed by atoms with Crippen LogP contribution in [0.4, 0.5) is 0 Å². The highest BCUT2D eigenvalue weighted by Gasteiger charge is 2.32. The lowest BCUT2D eigenvalue weighted by Gasteiger charge is -2.26. The summed E-state index contributed by atoms with van der Waals surface area (Å²) in [6, 6.07) is 0. The van der Waals surface area contributed by atoms with Crippen LogP contribution in [-0.2, 0) is 23.3 Å². The van der Waals surface area contributed by atoms with Gasteiger partial charge in [0.15, 0.2) is 0 Å². The Morgan fingerprint density at radius 2 is 1.68 bits per heavy atom. The maximum atomic E-state index is 12.8. The summed E-state index contributed by atoms with van der Waals surface area (Å²) in [7, 11) is -3.27. The molecular formula is C17H31N5O2S. The second-order valence-corrected chi connectivity index (χ2v) is 9.05. The van der Waals surface area contributed by atoms with E-state index in [4.69, 9.17) is 0 Å². The van der Waals surface area contributed by atoms with Gasteiger partial charge in [-0.05, 0) is 39.2 Å². The highest BCUT2D eigenvalue weighted by Crippen LogP contribution is 2.19. The predicted octanol–water partition coefficient (Wildman–Crippen LogP) is 1.45. The Labute approximate surface area is 151 Å². The molecule has 7 nitrogen and oxygen atoms in total. The van der Waals surface area contributed by atoms with E-state index < -0.39 is 10.2 Å². The van der Waals surface area contributed by atoms with Gasteiger partial charge in [-0.25, -0.2) is 0 Å². The van der Waals surface area contributed by atoms with Crippen LogP contribution in [-0.4, -0.2) is 71.0 Å². The SMILES string of the molecule is CCCn1ncc(CN2CCCN(S(=O)(=O)N3CCCC3)CC2)c1C. The lowest BCUT2D eigenvalue weighted by molar-refractivity contribution is 0.276. The Morgan fingerprint density at radius 3 is 2.40 bits per heavy atom. The summed E-state index contributed by atoms with van der Waals surface area (Å²) in [5, 5.41) is 4.48. The van der Waals surface area contributed by atoms with Gasteiger partial charge in [0, 0.05) is 57.1 Å². The number of hydrogen-bond donors (Lipinski definition) is 0. The van der Waals surface area contributed by atoms with Crippen LogP contribution in [0.1, 0.15) is 43.9 Å². The van der Waals surface area contributed by atoms with Crippen molar-refractivity contribution in [3.63, 3.8) is 0 Å². The van der Waals surface area contributed by atoms with Crippen LogP contribution >= 0.6 is 0 Å². The molecule has 3 heterocycles. The number of aryl methyl sites for hydroxylation is 1. The second kappa shape index (κ2) is 8.16. The monoisotopic (exact) mass is 369 g/mol. The summed E-state index contributed by atoms with van der Waals surface area (Å²) in [4.78, 5) is 2.36. The molecule has 8 heteroatoms. The lowest BCUT2D eigenvalue weighted by atomic mass is 10.2. The lowest BCUT2D eigenvalue weighted by Crippen LogP contribution is -2.44. The quantitative estimate of drug-likeness (QED) is 0.761. The summed E-state index contributed by atoms with van der Waals surface area (Å²) in [6.07, 6.45) is 5.90. The highest BCUT2D eigenvalue weighted by molar-refractivity contribution is 7.86. The van der Waals surface area contributed by atoms with Crippen LogP contribution in [0.5, 0.6) is 0 Å². The first-order valence-corrected chi connectivity index (χ1v) is 10.9. The van der Waals surface area contributed by atoms with Crippen LogP contribution in [0, 0.1) is 6.92 Å². The van der Waals surface area contributed by atoms with Crippen molar-refractivity contribution in [2.45, 2.75) is 52.6 Å². The summed E-state index contributed by atoms with van der Waals surface area (Å²) >= 11 is 0. The Kier molecular flexibility index (Phi) is 6.14. The first-order chi connectivity index (χ1) is 12.0. The fraction of sp³-hybridized carbons (Fsp3) is 0.824. The van der Waals surface area contributed by atoms with Gasteiger partial charge < -0.3 is 0 Å². The Balaban J connectivity index is 1.60.